The van der Waals surface area contributed by atoms with Crippen LogP contribution in [0, 0.1) is 0 Å². The molecular weight excluding hydrogens is 270 g/mol. The number of hydrogen-bond donors (Lipinski definition) is 0. The zero-order chi connectivity index (χ0) is 13.1. The van der Waals surface area contributed by atoms with E-state index in [9.17, 15) is 14.7 Å². The third kappa shape index (κ3) is 3.08. The molecule has 18 heavy (non-hydrogen) atoms. The zero-order valence-electron chi connectivity index (χ0n) is 9.58. The van der Waals surface area contributed by atoms with Crippen molar-refractivity contribution in [3.63, 3.8) is 0 Å². The van der Waals surface area contributed by atoms with Crippen LogP contribution in [0.5, 0.6) is 0 Å². The molecule has 0 aliphatic rings. The number of aliphatic carboxylic acids is 1. The molecule has 0 aliphatic carbocycles. The maximum absolute atomic E-state index is 11.0. The van der Waals surface area contributed by atoms with Crippen LogP contribution in [-0.4, -0.2) is 21.3 Å². The quantitative estimate of drug-likeness (QED) is 0.842. The van der Waals surface area contributed by atoms with Gasteiger partial charge >= 0.3 is 0 Å². The Morgan fingerprint density at radius 2 is 2.17 bits per heavy atom. The lowest BCUT2D eigenvalue weighted by atomic mass is 10.3. The van der Waals surface area contributed by atoms with E-state index in [0.717, 1.165) is 22.0 Å². The molecule has 0 bridgehead atoms. The first-order valence-corrected chi connectivity index (χ1v) is 6.98. The largest absolute Gasteiger partial charge is 0.549 e. The monoisotopic (exact) mass is 280 g/mol. The van der Waals surface area contributed by atoms with Crippen molar-refractivity contribution in [1.82, 2.24) is 4.98 Å². The number of rotatable bonds is 4. The average molecular weight is 280 g/mol. The molecule has 1 aromatic heterocycles. The van der Waals surface area contributed by atoms with Gasteiger partial charge in [-0.25, -0.2) is 4.98 Å². The van der Waals surface area contributed by atoms with Gasteiger partial charge in [0.05, 0.1) is 26.4 Å². The molecule has 0 spiro atoms. The van der Waals surface area contributed by atoms with Crippen molar-refractivity contribution in [2.45, 2.75) is 18.6 Å². The van der Waals surface area contributed by atoms with Gasteiger partial charge in [0.2, 0.25) is 0 Å². The van der Waals surface area contributed by atoms with Gasteiger partial charge in [-0.05, 0) is 12.1 Å². The second-order valence-electron chi connectivity index (χ2n) is 3.70. The van der Waals surface area contributed by atoms with Gasteiger partial charge in [-0.3, -0.25) is 4.79 Å². The molecule has 2 rings (SSSR count). The lowest BCUT2D eigenvalue weighted by molar-refractivity contribution is -0.304. The summed E-state index contributed by atoms with van der Waals surface area (Å²) < 4.78 is 1.01. The van der Waals surface area contributed by atoms with E-state index in [0.29, 0.717) is 5.01 Å². The number of carboxylic acids is 1. The number of thioether (sulfide) groups is 1. The van der Waals surface area contributed by atoms with Gasteiger partial charge in [-0.2, -0.15) is 0 Å². The smallest absolute Gasteiger partial charge is 0.186 e. The fourth-order valence-electron chi connectivity index (χ4n) is 1.54. The number of fused-ring (bicyclic) bond motifs is 1. The molecule has 1 aromatic carbocycles. The molecule has 2 aromatic rings. The molecule has 94 valence electrons. The minimum Gasteiger partial charge on any atom is -0.549 e. The van der Waals surface area contributed by atoms with Crippen LogP contribution in [0.15, 0.2) is 24.3 Å². The minimum absolute atomic E-state index is 0.214. The molecule has 0 N–H and O–H groups in total. The van der Waals surface area contributed by atoms with Crippen molar-refractivity contribution < 1.29 is 14.7 Å². The highest BCUT2D eigenvalue weighted by molar-refractivity contribution is 8.14. The van der Waals surface area contributed by atoms with Crippen molar-refractivity contribution >= 4 is 44.4 Å². The Balaban J connectivity index is 2.20. The Morgan fingerprint density at radius 3 is 2.78 bits per heavy atom. The topological polar surface area (TPSA) is 70.1 Å². The van der Waals surface area contributed by atoms with Gasteiger partial charge in [0, 0.05) is 13.3 Å². The standard InChI is InChI=1S/C12H11NO3S2/c1-7(14)17-10(12(15)16)6-11-13-8-4-2-3-5-9(8)18-11/h2-5,10H,6H2,1H3,(H,15,16)/p-1/t10-/m1/s1. The summed E-state index contributed by atoms with van der Waals surface area (Å²) in [5.41, 5.74) is 0.849. The predicted octanol–water partition coefficient (Wildman–Crippen LogP) is 1.24. The fourth-order valence-corrected chi connectivity index (χ4v) is 3.40. The molecule has 0 aliphatic heterocycles. The molecule has 0 saturated heterocycles. The molecule has 0 fully saturated rings. The second-order valence-corrected chi connectivity index (χ2v) is 6.19. The number of aromatic nitrogens is 1. The number of carbonyl (C=O) groups is 2. The van der Waals surface area contributed by atoms with Crippen LogP contribution in [0.2, 0.25) is 0 Å². The summed E-state index contributed by atoms with van der Waals surface area (Å²) >= 11 is 2.22. The lowest BCUT2D eigenvalue weighted by Gasteiger charge is -2.13. The number of carboxylic acid groups (broad SMARTS) is 1. The number of para-hydroxylation sites is 1. The Kier molecular flexibility index (Phi) is 3.98. The molecule has 0 radical (unpaired) electrons. The summed E-state index contributed by atoms with van der Waals surface area (Å²) in [6, 6.07) is 7.60. The molecule has 0 amide bonds. The molecular formula is C12H10NO3S2-. The third-order valence-electron chi connectivity index (χ3n) is 2.27. The summed E-state index contributed by atoms with van der Waals surface area (Å²) in [5, 5.41) is 10.6. The van der Waals surface area contributed by atoms with E-state index in [-0.39, 0.29) is 11.5 Å². The summed E-state index contributed by atoms with van der Waals surface area (Å²) in [4.78, 5) is 26.3. The van der Waals surface area contributed by atoms with Gasteiger partial charge in [-0.1, -0.05) is 23.9 Å². The van der Waals surface area contributed by atoms with Gasteiger partial charge in [0.1, 0.15) is 0 Å². The maximum atomic E-state index is 11.0. The minimum atomic E-state index is -1.23. The number of carbonyl (C=O) groups excluding carboxylic acids is 2. The molecule has 1 atom stereocenters. The van der Waals surface area contributed by atoms with Crippen molar-refractivity contribution in [1.29, 1.82) is 0 Å². The van der Waals surface area contributed by atoms with E-state index in [1.807, 2.05) is 24.3 Å². The predicted molar refractivity (Wildman–Crippen MR) is 70.4 cm³/mol. The highest BCUT2D eigenvalue weighted by Gasteiger charge is 2.16. The average Bonchev–Trinajstić information content (AvgIpc) is 2.69. The highest BCUT2D eigenvalue weighted by Crippen LogP contribution is 2.25. The van der Waals surface area contributed by atoms with E-state index in [4.69, 9.17) is 0 Å². The van der Waals surface area contributed by atoms with E-state index in [1.54, 1.807) is 0 Å². The normalized spacial score (nSPS) is 12.5. The van der Waals surface area contributed by atoms with Crippen molar-refractivity contribution in [2.75, 3.05) is 0 Å². The van der Waals surface area contributed by atoms with Crippen LogP contribution in [-0.2, 0) is 16.0 Å². The number of thiazole rings is 1. The summed E-state index contributed by atoms with van der Waals surface area (Å²) in [7, 11) is 0. The van der Waals surface area contributed by atoms with Crippen LogP contribution in [0.3, 0.4) is 0 Å². The van der Waals surface area contributed by atoms with E-state index >= 15 is 0 Å². The highest BCUT2D eigenvalue weighted by atomic mass is 32.2. The molecule has 6 heteroatoms. The van der Waals surface area contributed by atoms with Crippen LogP contribution < -0.4 is 5.11 Å². The molecule has 1 heterocycles. The second kappa shape index (κ2) is 5.49. The fraction of sp³-hybridized carbons (Fsp3) is 0.250. The number of benzene rings is 1. The third-order valence-corrected chi connectivity index (χ3v) is 4.30. The maximum Gasteiger partial charge on any atom is 0.186 e. The van der Waals surface area contributed by atoms with Crippen LogP contribution in [0.1, 0.15) is 11.9 Å². The van der Waals surface area contributed by atoms with Crippen LogP contribution in [0.25, 0.3) is 10.2 Å². The summed E-state index contributed by atoms with van der Waals surface area (Å²) in [6.07, 6.45) is 0.214. The molecule has 0 unspecified atom stereocenters. The first-order chi connectivity index (χ1) is 8.56. The molecule has 4 nitrogen and oxygen atoms in total. The van der Waals surface area contributed by atoms with Gasteiger partial charge < -0.3 is 9.90 Å². The van der Waals surface area contributed by atoms with Gasteiger partial charge in [0.25, 0.3) is 0 Å². The Hall–Kier alpha value is -1.40. The number of hydrogen-bond acceptors (Lipinski definition) is 6. The van der Waals surface area contributed by atoms with E-state index in [1.165, 1.54) is 18.3 Å². The van der Waals surface area contributed by atoms with Crippen LogP contribution >= 0.6 is 23.1 Å². The number of nitrogens with zero attached hydrogens (tertiary/aromatic N) is 1. The van der Waals surface area contributed by atoms with Gasteiger partial charge in [0.15, 0.2) is 5.12 Å². The SMILES string of the molecule is CC(=O)S[C@H](Cc1nc2ccccc2s1)C(=O)[O-]. The first kappa shape index (κ1) is 13.0. The van der Waals surface area contributed by atoms with Crippen LogP contribution in [0.4, 0.5) is 0 Å². The summed E-state index contributed by atoms with van der Waals surface area (Å²) in [5.74, 6) is -1.23. The van der Waals surface area contributed by atoms with E-state index in [2.05, 4.69) is 4.98 Å². The van der Waals surface area contributed by atoms with Gasteiger partial charge in [-0.15, -0.1) is 11.3 Å². The Bertz CT molecular complexity index is 561. The van der Waals surface area contributed by atoms with Crippen molar-refractivity contribution in [2.24, 2.45) is 0 Å². The van der Waals surface area contributed by atoms with Crippen molar-refractivity contribution in [3.05, 3.63) is 29.3 Å². The first-order valence-electron chi connectivity index (χ1n) is 5.29. The molecule has 0 saturated carbocycles. The summed E-state index contributed by atoms with van der Waals surface area (Å²) in [6.45, 7) is 1.35. The Morgan fingerprint density at radius 1 is 1.44 bits per heavy atom. The Labute approximate surface area is 112 Å². The zero-order valence-corrected chi connectivity index (χ0v) is 11.2. The van der Waals surface area contributed by atoms with E-state index < -0.39 is 11.2 Å². The van der Waals surface area contributed by atoms with Crippen molar-refractivity contribution in [3.8, 4) is 0 Å². The lowest BCUT2D eigenvalue weighted by Crippen LogP contribution is -2.35.